The highest BCUT2D eigenvalue weighted by molar-refractivity contribution is 6.24. The number of benzene rings is 1. The van der Waals surface area contributed by atoms with Gasteiger partial charge in [0.05, 0.1) is 11.1 Å². The molecule has 0 radical (unpaired) electrons. The van der Waals surface area contributed by atoms with Crippen LogP contribution in [0.1, 0.15) is 45.5 Å². The van der Waals surface area contributed by atoms with Gasteiger partial charge in [0.25, 0.3) is 11.8 Å². The smallest absolute Gasteiger partial charge is 0.262 e. The number of hydrogen-bond donors (Lipinski definition) is 4. The average molecular weight is 386 g/mol. The van der Waals surface area contributed by atoms with Gasteiger partial charge in [0.15, 0.2) is 0 Å². The fraction of sp³-hybridized carbons (Fsp3) is 0.474. The van der Waals surface area contributed by atoms with E-state index in [9.17, 15) is 24.3 Å². The lowest BCUT2D eigenvalue weighted by Gasteiger charge is -2.43. The van der Waals surface area contributed by atoms with Crippen molar-refractivity contribution >= 4 is 23.6 Å². The number of carbonyl (C=O) groups excluding carboxylic acids is 4. The van der Waals surface area contributed by atoms with Crippen LogP contribution in [0.15, 0.2) is 18.2 Å². The van der Waals surface area contributed by atoms with Crippen LogP contribution in [-0.2, 0) is 16.1 Å². The highest BCUT2D eigenvalue weighted by atomic mass is 16.3. The first-order valence-electron chi connectivity index (χ1n) is 9.36. The van der Waals surface area contributed by atoms with E-state index in [-0.39, 0.29) is 30.6 Å². The summed E-state index contributed by atoms with van der Waals surface area (Å²) in [5, 5.41) is 18.0. The molecule has 3 aliphatic heterocycles. The Morgan fingerprint density at radius 1 is 1.18 bits per heavy atom. The summed E-state index contributed by atoms with van der Waals surface area (Å²) in [7, 11) is 0. The van der Waals surface area contributed by atoms with Crippen molar-refractivity contribution in [3.63, 3.8) is 0 Å². The molecule has 1 aromatic rings. The van der Waals surface area contributed by atoms with Crippen LogP contribution < -0.4 is 16.0 Å². The number of rotatable bonds is 6. The van der Waals surface area contributed by atoms with Gasteiger partial charge in [0, 0.05) is 38.2 Å². The predicted molar refractivity (Wildman–Crippen MR) is 97.3 cm³/mol. The average Bonchev–Trinajstić information content (AvgIpc) is 2.89. The van der Waals surface area contributed by atoms with Gasteiger partial charge in [-0.15, -0.1) is 0 Å². The molecular formula is C19H22N4O5. The Bertz CT molecular complexity index is 864. The van der Waals surface area contributed by atoms with Crippen LogP contribution in [0, 0.1) is 0 Å². The molecular weight excluding hydrogens is 364 g/mol. The molecule has 9 nitrogen and oxygen atoms in total. The summed E-state index contributed by atoms with van der Waals surface area (Å²) < 4.78 is 0. The van der Waals surface area contributed by atoms with Crippen molar-refractivity contribution < 1.29 is 24.3 Å². The summed E-state index contributed by atoms with van der Waals surface area (Å²) in [5.74, 6) is -2.03. The third-order valence-corrected chi connectivity index (χ3v) is 5.73. The first-order chi connectivity index (χ1) is 13.5. The quantitative estimate of drug-likeness (QED) is 0.457. The molecule has 1 aromatic carbocycles. The molecule has 148 valence electrons. The minimum atomic E-state index is -0.970. The number of amides is 4. The Labute approximate surface area is 161 Å². The lowest BCUT2D eigenvalue weighted by Crippen LogP contribution is -2.67. The first-order valence-corrected chi connectivity index (χ1v) is 9.36. The van der Waals surface area contributed by atoms with Gasteiger partial charge in [-0.1, -0.05) is 12.1 Å². The zero-order chi connectivity index (χ0) is 19.9. The van der Waals surface area contributed by atoms with Crippen molar-refractivity contribution in [1.82, 2.24) is 20.9 Å². The summed E-state index contributed by atoms with van der Waals surface area (Å²) in [6.07, 6.45) is 0.814. The molecule has 4 rings (SSSR count). The molecule has 9 heteroatoms. The summed E-state index contributed by atoms with van der Waals surface area (Å²) in [6.45, 7) is 1.87. The van der Waals surface area contributed by atoms with E-state index in [1.807, 2.05) is 0 Å². The molecule has 3 heterocycles. The molecule has 4 amide bonds. The molecule has 0 aliphatic carbocycles. The summed E-state index contributed by atoms with van der Waals surface area (Å²) in [4.78, 5) is 50.4. The minimum Gasteiger partial charge on any atom is -0.396 e. The minimum absolute atomic E-state index is 0.0578. The number of imide groups is 2. The summed E-state index contributed by atoms with van der Waals surface area (Å²) >= 11 is 0. The number of aliphatic hydroxyl groups is 1. The number of nitrogens with zero attached hydrogens (tertiary/aromatic N) is 1. The fourth-order valence-electron chi connectivity index (χ4n) is 4.05. The molecule has 2 saturated heterocycles. The Morgan fingerprint density at radius 2 is 1.96 bits per heavy atom. The van der Waals surface area contributed by atoms with Crippen molar-refractivity contribution in [2.45, 2.75) is 37.4 Å². The van der Waals surface area contributed by atoms with Crippen LogP contribution in [0.25, 0.3) is 0 Å². The molecule has 0 spiro atoms. The molecule has 1 atom stereocenters. The zero-order valence-corrected chi connectivity index (χ0v) is 15.3. The highest BCUT2D eigenvalue weighted by Gasteiger charge is 2.45. The van der Waals surface area contributed by atoms with Gasteiger partial charge < -0.3 is 15.7 Å². The topological polar surface area (TPSA) is 128 Å². The van der Waals surface area contributed by atoms with Crippen LogP contribution >= 0.6 is 0 Å². The third kappa shape index (κ3) is 3.01. The maximum absolute atomic E-state index is 13.0. The second kappa shape index (κ2) is 7.08. The molecule has 3 aliphatic rings. The first kappa shape index (κ1) is 18.7. The van der Waals surface area contributed by atoms with Gasteiger partial charge in [-0.3, -0.25) is 29.4 Å². The lowest BCUT2D eigenvalue weighted by molar-refractivity contribution is -0.136. The van der Waals surface area contributed by atoms with Gasteiger partial charge in [0.2, 0.25) is 11.8 Å². The summed E-state index contributed by atoms with van der Waals surface area (Å²) in [6, 6.07) is 4.11. The van der Waals surface area contributed by atoms with Crippen molar-refractivity contribution in [3.8, 4) is 0 Å². The standard InChI is InChI=1S/C19H22N4O5/c24-7-6-19(9-20-10-19)21-8-11-2-1-3-12-15(11)18(28)23(17(12)27)13-4-5-14(25)22-16(13)26/h1-3,13,20-21,24H,4-10H2,(H,22,25,26). The molecule has 4 N–H and O–H groups in total. The Hall–Kier alpha value is -2.62. The van der Waals surface area contributed by atoms with E-state index in [0.717, 1.165) is 18.0 Å². The van der Waals surface area contributed by atoms with Gasteiger partial charge >= 0.3 is 0 Å². The van der Waals surface area contributed by atoms with Gasteiger partial charge in [0.1, 0.15) is 6.04 Å². The SMILES string of the molecule is O=C1CCC(N2C(=O)c3cccc(CNC4(CCO)CNC4)c3C2=O)C(=O)N1. The molecule has 28 heavy (non-hydrogen) atoms. The van der Waals surface area contributed by atoms with E-state index in [2.05, 4.69) is 16.0 Å². The van der Waals surface area contributed by atoms with Crippen molar-refractivity contribution in [3.05, 3.63) is 34.9 Å². The maximum Gasteiger partial charge on any atom is 0.262 e. The lowest BCUT2D eigenvalue weighted by atomic mass is 9.88. The van der Waals surface area contributed by atoms with Gasteiger partial charge in [-0.05, 0) is 24.5 Å². The monoisotopic (exact) mass is 386 g/mol. The summed E-state index contributed by atoms with van der Waals surface area (Å²) in [5.41, 5.74) is 1.02. The van der Waals surface area contributed by atoms with Crippen LogP contribution in [-0.4, -0.2) is 64.9 Å². The molecule has 0 bridgehead atoms. The fourth-order valence-corrected chi connectivity index (χ4v) is 4.05. The second-order valence-electron chi connectivity index (χ2n) is 7.50. The largest absolute Gasteiger partial charge is 0.396 e. The molecule has 2 fully saturated rings. The van der Waals surface area contributed by atoms with E-state index < -0.39 is 29.7 Å². The molecule has 0 aromatic heterocycles. The van der Waals surface area contributed by atoms with Gasteiger partial charge in [-0.25, -0.2) is 0 Å². The Kier molecular flexibility index (Phi) is 4.74. The predicted octanol–water partition coefficient (Wildman–Crippen LogP) is -1.10. The second-order valence-corrected chi connectivity index (χ2v) is 7.50. The van der Waals surface area contributed by atoms with Crippen LogP contribution in [0.2, 0.25) is 0 Å². The normalized spacial score (nSPS) is 23.5. The third-order valence-electron chi connectivity index (χ3n) is 5.73. The highest BCUT2D eigenvalue weighted by Crippen LogP contribution is 2.30. The Balaban J connectivity index is 1.58. The number of aliphatic hydroxyl groups excluding tert-OH is 1. The van der Waals surface area contributed by atoms with Crippen LogP contribution in [0.5, 0.6) is 0 Å². The Morgan fingerprint density at radius 3 is 2.61 bits per heavy atom. The number of hydrogen-bond acceptors (Lipinski definition) is 7. The van der Waals surface area contributed by atoms with Crippen molar-refractivity contribution in [1.29, 1.82) is 0 Å². The van der Waals surface area contributed by atoms with Crippen LogP contribution in [0.3, 0.4) is 0 Å². The number of fused-ring (bicyclic) bond motifs is 1. The maximum atomic E-state index is 13.0. The van der Waals surface area contributed by atoms with E-state index in [0.29, 0.717) is 24.1 Å². The van der Waals surface area contributed by atoms with Crippen molar-refractivity contribution in [2.24, 2.45) is 0 Å². The van der Waals surface area contributed by atoms with Gasteiger partial charge in [-0.2, -0.15) is 0 Å². The molecule has 1 unspecified atom stereocenters. The number of nitrogens with one attached hydrogen (secondary N) is 3. The van der Waals surface area contributed by atoms with Crippen molar-refractivity contribution in [2.75, 3.05) is 19.7 Å². The zero-order valence-electron chi connectivity index (χ0n) is 15.3. The van der Waals surface area contributed by atoms with E-state index >= 15 is 0 Å². The van der Waals surface area contributed by atoms with E-state index in [1.165, 1.54) is 0 Å². The molecule has 0 saturated carbocycles. The van der Waals surface area contributed by atoms with E-state index in [1.54, 1.807) is 18.2 Å². The number of piperidine rings is 1. The number of carbonyl (C=O) groups is 4. The van der Waals surface area contributed by atoms with Crippen LogP contribution in [0.4, 0.5) is 0 Å². The van der Waals surface area contributed by atoms with E-state index in [4.69, 9.17) is 0 Å².